The Hall–Kier alpha value is -1.64. The van der Waals surface area contributed by atoms with E-state index < -0.39 is 0 Å². The van der Waals surface area contributed by atoms with Crippen LogP contribution in [0, 0.1) is 5.82 Å². The van der Waals surface area contributed by atoms with Crippen LogP contribution in [-0.4, -0.2) is 5.97 Å². The molecular weight excluding hydrogens is 195 g/mol. The zero-order chi connectivity index (χ0) is 11.1. The predicted molar refractivity (Wildman–Crippen MR) is 56.1 cm³/mol. The molecule has 0 fully saturated rings. The van der Waals surface area contributed by atoms with Crippen LogP contribution in [-0.2, 0) is 4.79 Å². The number of esters is 1. The molecule has 0 aliphatic carbocycles. The van der Waals surface area contributed by atoms with Gasteiger partial charge in [-0.05, 0) is 37.1 Å². The third-order valence-electron chi connectivity index (χ3n) is 1.83. The van der Waals surface area contributed by atoms with Crippen molar-refractivity contribution in [2.45, 2.75) is 19.3 Å². The van der Waals surface area contributed by atoms with Crippen molar-refractivity contribution in [2.24, 2.45) is 0 Å². The Balaban J connectivity index is 2.37. The molecule has 1 aromatic carbocycles. The molecule has 15 heavy (non-hydrogen) atoms. The minimum absolute atomic E-state index is 0.302. The van der Waals surface area contributed by atoms with Crippen molar-refractivity contribution in [2.75, 3.05) is 0 Å². The smallest absolute Gasteiger partial charge is 0.311 e. The highest BCUT2D eigenvalue weighted by molar-refractivity contribution is 5.72. The monoisotopic (exact) mass is 208 g/mol. The highest BCUT2D eigenvalue weighted by Gasteiger charge is 2.03. The molecule has 0 unspecified atom stereocenters. The summed E-state index contributed by atoms with van der Waals surface area (Å²) in [6.45, 7) is 3.56. The molecule has 1 aromatic rings. The Morgan fingerprint density at radius 1 is 1.40 bits per heavy atom. The van der Waals surface area contributed by atoms with Gasteiger partial charge in [0.15, 0.2) is 0 Å². The van der Waals surface area contributed by atoms with E-state index in [2.05, 4.69) is 6.58 Å². The topological polar surface area (TPSA) is 26.3 Å². The molecule has 0 atom stereocenters. The average Bonchev–Trinajstić information content (AvgIpc) is 2.22. The van der Waals surface area contributed by atoms with Gasteiger partial charge in [0.1, 0.15) is 11.6 Å². The van der Waals surface area contributed by atoms with Gasteiger partial charge >= 0.3 is 5.97 Å². The zero-order valence-electron chi connectivity index (χ0n) is 8.41. The third-order valence-corrected chi connectivity index (χ3v) is 1.83. The highest BCUT2D eigenvalue weighted by atomic mass is 19.1. The molecule has 0 bridgehead atoms. The lowest BCUT2D eigenvalue weighted by molar-refractivity contribution is -0.134. The van der Waals surface area contributed by atoms with E-state index in [-0.39, 0.29) is 11.8 Å². The molecule has 0 saturated carbocycles. The first-order valence-corrected chi connectivity index (χ1v) is 4.79. The first-order valence-electron chi connectivity index (χ1n) is 4.79. The standard InChI is InChI=1S/C12H13FO2/c1-2-3-4-5-12(14)15-11-8-6-10(13)7-9-11/h2,6-9H,1,3-5H2. The van der Waals surface area contributed by atoms with Crippen LogP contribution >= 0.6 is 0 Å². The maximum Gasteiger partial charge on any atom is 0.311 e. The molecule has 0 spiro atoms. The molecule has 0 radical (unpaired) electrons. The average molecular weight is 208 g/mol. The maximum atomic E-state index is 12.5. The summed E-state index contributed by atoms with van der Waals surface area (Å²) in [7, 11) is 0. The summed E-state index contributed by atoms with van der Waals surface area (Å²) in [4.78, 5) is 11.2. The van der Waals surface area contributed by atoms with Crippen molar-refractivity contribution in [3.8, 4) is 5.75 Å². The molecule has 0 N–H and O–H groups in total. The summed E-state index contributed by atoms with van der Waals surface area (Å²) >= 11 is 0. The second-order valence-corrected chi connectivity index (χ2v) is 3.11. The van der Waals surface area contributed by atoms with Gasteiger partial charge in [0.25, 0.3) is 0 Å². The predicted octanol–water partition coefficient (Wildman–Crippen LogP) is 3.09. The van der Waals surface area contributed by atoms with E-state index in [1.54, 1.807) is 6.08 Å². The van der Waals surface area contributed by atoms with Crippen LogP contribution in [0.2, 0.25) is 0 Å². The van der Waals surface area contributed by atoms with Gasteiger partial charge in [-0.15, -0.1) is 6.58 Å². The second kappa shape index (κ2) is 5.96. The number of carbonyl (C=O) groups excluding carboxylic acids is 1. The quantitative estimate of drug-likeness (QED) is 0.321. The van der Waals surface area contributed by atoms with Crippen LogP contribution in [0.3, 0.4) is 0 Å². The molecule has 0 aliphatic rings. The molecule has 0 amide bonds. The first-order chi connectivity index (χ1) is 7.22. The van der Waals surface area contributed by atoms with Gasteiger partial charge in [0.05, 0.1) is 0 Å². The zero-order valence-corrected chi connectivity index (χ0v) is 8.41. The number of benzene rings is 1. The summed E-state index contributed by atoms with van der Waals surface area (Å²) in [5.41, 5.74) is 0. The third kappa shape index (κ3) is 4.40. The molecule has 2 nitrogen and oxygen atoms in total. The fraction of sp³-hybridized carbons (Fsp3) is 0.250. The van der Waals surface area contributed by atoms with Crippen LogP contribution in [0.4, 0.5) is 4.39 Å². The number of ether oxygens (including phenoxy) is 1. The van der Waals surface area contributed by atoms with Gasteiger partial charge in [0.2, 0.25) is 0 Å². The molecular formula is C12H13FO2. The second-order valence-electron chi connectivity index (χ2n) is 3.11. The Labute approximate surface area is 88.4 Å². The Morgan fingerprint density at radius 3 is 2.67 bits per heavy atom. The SMILES string of the molecule is C=CCCCC(=O)Oc1ccc(F)cc1. The molecule has 1 rings (SSSR count). The fourth-order valence-electron chi connectivity index (χ4n) is 1.08. The van der Waals surface area contributed by atoms with E-state index in [0.717, 1.165) is 12.8 Å². The minimum atomic E-state index is -0.346. The maximum absolute atomic E-state index is 12.5. The van der Waals surface area contributed by atoms with E-state index in [9.17, 15) is 9.18 Å². The molecule has 80 valence electrons. The number of unbranched alkanes of at least 4 members (excludes halogenated alkanes) is 1. The van der Waals surface area contributed by atoms with E-state index in [1.165, 1.54) is 24.3 Å². The van der Waals surface area contributed by atoms with Crippen LogP contribution in [0.15, 0.2) is 36.9 Å². The van der Waals surface area contributed by atoms with Crippen molar-refractivity contribution in [3.63, 3.8) is 0 Å². The molecule has 0 aromatic heterocycles. The molecule has 0 aliphatic heterocycles. The van der Waals surface area contributed by atoms with Crippen LogP contribution in [0.1, 0.15) is 19.3 Å². The van der Waals surface area contributed by atoms with Gasteiger partial charge < -0.3 is 4.74 Å². The van der Waals surface area contributed by atoms with Crippen LogP contribution < -0.4 is 4.74 Å². The van der Waals surface area contributed by atoms with Crippen molar-refractivity contribution < 1.29 is 13.9 Å². The number of hydrogen-bond donors (Lipinski definition) is 0. The Bertz CT molecular complexity index is 330. The highest BCUT2D eigenvalue weighted by Crippen LogP contribution is 2.12. The van der Waals surface area contributed by atoms with E-state index in [1.807, 2.05) is 0 Å². The fourth-order valence-corrected chi connectivity index (χ4v) is 1.08. The van der Waals surface area contributed by atoms with Crippen molar-refractivity contribution >= 4 is 5.97 Å². The van der Waals surface area contributed by atoms with E-state index >= 15 is 0 Å². The number of carbonyl (C=O) groups is 1. The van der Waals surface area contributed by atoms with Gasteiger partial charge in [-0.1, -0.05) is 6.08 Å². The summed E-state index contributed by atoms with van der Waals surface area (Å²) in [5.74, 6) is -0.273. The molecule has 0 heterocycles. The van der Waals surface area contributed by atoms with E-state index in [4.69, 9.17) is 4.74 Å². The lowest BCUT2D eigenvalue weighted by Gasteiger charge is -2.02. The van der Waals surface area contributed by atoms with Crippen LogP contribution in [0.25, 0.3) is 0 Å². The van der Waals surface area contributed by atoms with Gasteiger partial charge in [-0.25, -0.2) is 4.39 Å². The van der Waals surface area contributed by atoms with Gasteiger partial charge in [0, 0.05) is 6.42 Å². The summed E-state index contributed by atoms with van der Waals surface area (Å²) in [6.07, 6.45) is 3.62. The minimum Gasteiger partial charge on any atom is -0.427 e. The molecule has 3 heteroatoms. The van der Waals surface area contributed by atoms with Crippen molar-refractivity contribution in [1.82, 2.24) is 0 Å². The van der Waals surface area contributed by atoms with Crippen molar-refractivity contribution in [3.05, 3.63) is 42.7 Å². The van der Waals surface area contributed by atoms with Gasteiger partial charge in [-0.3, -0.25) is 4.79 Å². The van der Waals surface area contributed by atoms with Crippen LogP contribution in [0.5, 0.6) is 5.75 Å². The lowest BCUT2D eigenvalue weighted by Crippen LogP contribution is -2.07. The Morgan fingerprint density at radius 2 is 2.07 bits per heavy atom. The summed E-state index contributed by atoms with van der Waals surface area (Å²) < 4.78 is 17.5. The van der Waals surface area contributed by atoms with E-state index in [0.29, 0.717) is 12.2 Å². The first kappa shape index (κ1) is 11.4. The summed E-state index contributed by atoms with van der Waals surface area (Å²) in [5, 5.41) is 0. The molecule has 0 saturated heterocycles. The Kier molecular flexibility index (Phi) is 4.54. The largest absolute Gasteiger partial charge is 0.427 e. The van der Waals surface area contributed by atoms with Crippen molar-refractivity contribution in [1.29, 1.82) is 0 Å². The number of hydrogen-bond acceptors (Lipinski definition) is 2. The van der Waals surface area contributed by atoms with Gasteiger partial charge in [-0.2, -0.15) is 0 Å². The number of rotatable bonds is 5. The number of allylic oxidation sites excluding steroid dienone is 1. The number of halogens is 1. The normalized spacial score (nSPS) is 9.67. The summed E-state index contributed by atoms with van der Waals surface area (Å²) in [6, 6.07) is 5.38. The lowest BCUT2D eigenvalue weighted by atomic mass is 10.2.